The first-order chi connectivity index (χ1) is 8.16. The fourth-order valence-corrected chi connectivity index (χ4v) is 2.00. The van der Waals surface area contributed by atoms with Crippen molar-refractivity contribution in [1.82, 2.24) is 10.6 Å². The molecule has 1 aromatic carbocycles. The van der Waals surface area contributed by atoms with E-state index in [-0.39, 0.29) is 5.91 Å². The van der Waals surface area contributed by atoms with Crippen LogP contribution in [0.2, 0.25) is 5.02 Å². The van der Waals surface area contributed by atoms with Crippen LogP contribution in [0.25, 0.3) is 0 Å². The van der Waals surface area contributed by atoms with Gasteiger partial charge in [0.1, 0.15) is 0 Å². The molecule has 1 aliphatic rings. The van der Waals surface area contributed by atoms with Crippen LogP contribution in [0.15, 0.2) is 18.2 Å². The van der Waals surface area contributed by atoms with Crippen molar-refractivity contribution < 1.29 is 4.79 Å². The Morgan fingerprint density at radius 2 is 2.18 bits per heavy atom. The van der Waals surface area contributed by atoms with Crippen LogP contribution in [0.5, 0.6) is 0 Å². The molecule has 0 unspecified atom stereocenters. The fraction of sp³-hybridized carbons (Fsp3) is 0.417. The van der Waals surface area contributed by atoms with Crippen LogP contribution in [0, 0.1) is 3.57 Å². The molecule has 2 rings (SSSR count). The standard InChI is InChI=1S/C12H14ClIN2O/c13-10-7-8(1-4-11(10)14)12(17)16-6-5-15-9-2-3-9/h1,4,7,9,15H,2-3,5-6H2,(H,16,17). The third kappa shape index (κ3) is 4.12. The Hall–Kier alpha value is -0.330. The Morgan fingerprint density at radius 1 is 1.41 bits per heavy atom. The van der Waals surface area contributed by atoms with Crippen LogP contribution in [0.3, 0.4) is 0 Å². The lowest BCUT2D eigenvalue weighted by Gasteiger charge is -2.06. The Labute approximate surface area is 119 Å². The number of carbonyl (C=O) groups excluding carboxylic acids is 1. The number of amides is 1. The van der Waals surface area contributed by atoms with Crippen LogP contribution < -0.4 is 10.6 Å². The SMILES string of the molecule is O=C(NCCNC1CC1)c1ccc(I)c(Cl)c1. The van der Waals surface area contributed by atoms with Crippen LogP contribution in [0.1, 0.15) is 23.2 Å². The molecule has 1 aromatic rings. The maximum Gasteiger partial charge on any atom is 0.251 e. The Kier molecular flexibility index (Phi) is 4.64. The summed E-state index contributed by atoms with van der Waals surface area (Å²) in [6.45, 7) is 1.48. The molecule has 0 spiro atoms. The van der Waals surface area contributed by atoms with Gasteiger partial charge in [-0.1, -0.05) is 11.6 Å². The van der Waals surface area contributed by atoms with E-state index in [0.29, 0.717) is 23.2 Å². The first-order valence-corrected chi connectivity index (χ1v) is 7.09. The van der Waals surface area contributed by atoms with Crippen molar-refractivity contribution in [3.63, 3.8) is 0 Å². The van der Waals surface area contributed by atoms with Crippen molar-refractivity contribution in [2.45, 2.75) is 18.9 Å². The van der Waals surface area contributed by atoms with Gasteiger partial charge in [0.05, 0.1) is 5.02 Å². The summed E-state index contributed by atoms with van der Waals surface area (Å²) in [6, 6.07) is 6.02. The van der Waals surface area contributed by atoms with E-state index in [4.69, 9.17) is 11.6 Å². The number of hydrogen-bond acceptors (Lipinski definition) is 2. The molecule has 0 atom stereocenters. The number of carbonyl (C=O) groups is 1. The first-order valence-electron chi connectivity index (χ1n) is 5.63. The third-order valence-corrected chi connectivity index (χ3v) is 4.17. The molecule has 0 bridgehead atoms. The summed E-state index contributed by atoms with van der Waals surface area (Å²) in [5.41, 5.74) is 0.613. The van der Waals surface area contributed by atoms with Gasteiger partial charge in [-0.05, 0) is 53.6 Å². The molecule has 92 valence electrons. The van der Waals surface area contributed by atoms with Crippen molar-refractivity contribution in [3.8, 4) is 0 Å². The van der Waals surface area contributed by atoms with E-state index < -0.39 is 0 Å². The average Bonchev–Trinajstić information content (AvgIpc) is 3.12. The number of hydrogen-bond donors (Lipinski definition) is 2. The second-order valence-electron chi connectivity index (χ2n) is 4.11. The lowest BCUT2D eigenvalue weighted by Crippen LogP contribution is -2.32. The van der Waals surface area contributed by atoms with Crippen LogP contribution in [-0.4, -0.2) is 25.0 Å². The van der Waals surface area contributed by atoms with E-state index in [2.05, 4.69) is 33.2 Å². The van der Waals surface area contributed by atoms with E-state index >= 15 is 0 Å². The summed E-state index contributed by atoms with van der Waals surface area (Å²) < 4.78 is 0.955. The molecule has 5 heteroatoms. The smallest absolute Gasteiger partial charge is 0.251 e. The summed E-state index contributed by atoms with van der Waals surface area (Å²) in [6.07, 6.45) is 2.53. The molecule has 17 heavy (non-hydrogen) atoms. The minimum absolute atomic E-state index is 0.0686. The molecule has 1 amide bonds. The largest absolute Gasteiger partial charge is 0.351 e. The van der Waals surface area contributed by atoms with Gasteiger partial charge in [-0.3, -0.25) is 4.79 Å². The van der Waals surface area contributed by atoms with Crippen LogP contribution in [-0.2, 0) is 0 Å². The Morgan fingerprint density at radius 3 is 2.82 bits per heavy atom. The van der Waals surface area contributed by atoms with Gasteiger partial charge in [0, 0.05) is 28.3 Å². The monoisotopic (exact) mass is 364 g/mol. The highest BCUT2D eigenvalue weighted by molar-refractivity contribution is 14.1. The zero-order valence-electron chi connectivity index (χ0n) is 9.30. The lowest BCUT2D eigenvalue weighted by molar-refractivity contribution is 0.0954. The second-order valence-corrected chi connectivity index (χ2v) is 5.68. The molecule has 1 aliphatic carbocycles. The molecule has 2 N–H and O–H groups in total. The maximum absolute atomic E-state index is 11.8. The van der Waals surface area contributed by atoms with E-state index in [1.165, 1.54) is 12.8 Å². The number of benzene rings is 1. The summed E-state index contributed by atoms with van der Waals surface area (Å²) in [5, 5.41) is 6.83. The van der Waals surface area contributed by atoms with E-state index in [9.17, 15) is 4.79 Å². The summed E-state index contributed by atoms with van der Waals surface area (Å²) in [5.74, 6) is -0.0686. The highest BCUT2D eigenvalue weighted by atomic mass is 127. The third-order valence-electron chi connectivity index (χ3n) is 2.60. The zero-order chi connectivity index (χ0) is 12.3. The summed E-state index contributed by atoms with van der Waals surface area (Å²) >= 11 is 8.11. The molecule has 0 saturated heterocycles. The Bertz CT molecular complexity index is 421. The molecule has 0 heterocycles. The molecule has 1 fully saturated rings. The second kappa shape index (κ2) is 6.02. The van der Waals surface area contributed by atoms with E-state index in [0.717, 1.165) is 10.1 Å². The van der Waals surface area contributed by atoms with Gasteiger partial charge < -0.3 is 10.6 Å². The van der Waals surface area contributed by atoms with Gasteiger partial charge in [-0.15, -0.1) is 0 Å². The zero-order valence-corrected chi connectivity index (χ0v) is 12.2. The van der Waals surface area contributed by atoms with Gasteiger partial charge >= 0.3 is 0 Å². The highest BCUT2D eigenvalue weighted by Crippen LogP contribution is 2.19. The first kappa shape index (κ1) is 13.1. The lowest BCUT2D eigenvalue weighted by atomic mass is 10.2. The van der Waals surface area contributed by atoms with E-state index in [1.807, 2.05) is 6.07 Å². The quantitative estimate of drug-likeness (QED) is 0.622. The summed E-state index contributed by atoms with van der Waals surface area (Å²) in [4.78, 5) is 11.8. The predicted molar refractivity (Wildman–Crippen MR) is 77.5 cm³/mol. The molecule has 1 saturated carbocycles. The molecular weight excluding hydrogens is 351 g/mol. The minimum Gasteiger partial charge on any atom is -0.351 e. The van der Waals surface area contributed by atoms with Gasteiger partial charge in [-0.25, -0.2) is 0 Å². The average molecular weight is 365 g/mol. The van der Waals surface area contributed by atoms with Gasteiger partial charge in [0.15, 0.2) is 0 Å². The molecule has 0 aromatic heterocycles. The van der Waals surface area contributed by atoms with Crippen molar-refractivity contribution in [2.75, 3.05) is 13.1 Å². The molecule has 0 radical (unpaired) electrons. The van der Waals surface area contributed by atoms with Gasteiger partial charge in [0.2, 0.25) is 0 Å². The highest BCUT2D eigenvalue weighted by Gasteiger charge is 2.19. The van der Waals surface area contributed by atoms with E-state index in [1.54, 1.807) is 12.1 Å². The van der Waals surface area contributed by atoms with Gasteiger partial charge in [0.25, 0.3) is 5.91 Å². The maximum atomic E-state index is 11.8. The van der Waals surface area contributed by atoms with Crippen LogP contribution >= 0.6 is 34.2 Å². The van der Waals surface area contributed by atoms with Gasteiger partial charge in [-0.2, -0.15) is 0 Å². The number of rotatable bonds is 5. The van der Waals surface area contributed by atoms with Crippen molar-refractivity contribution >= 4 is 40.1 Å². The predicted octanol–water partition coefficient (Wildman–Crippen LogP) is 2.43. The number of nitrogens with one attached hydrogen (secondary N) is 2. The van der Waals surface area contributed by atoms with Crippen molar-refractivity contribution in [1.29, 1.82) is 0 Å². The molecular formula is C12H14ClIN2O. The summed E-state index contributed by atoms with van der Waals surface area (Å²) in [7, 11) is 0. The number of halogens is 2. The Balaban J connectivity index is 1.79. The molecule has 3 nitrogen and oxygen atoms in total. The minimum atomic E-state index is -0.0686. The normalized spacial score (nSPS) is 14.7. The topological polar surface area (TPSA) is 41.1 Å². The van der Waals surface area contributed by atoms with Crippen molar-refractivity contribution in [2.24, 2.45) is 0 Å². The molecule has 0 aliphatic heterocycles. The van der Waals surface area contributed by atoms with Crippen molar-refractivity contribution in [3.05, 3.63) is 32.4 Å². The fourth-order valence-electron chi connectivity index (χ4n) is 1.48. The van der Waals surface area contributed by atoms with Crippen LogP contribution in [0.4, 0.5) is 0 Å².